The summed E-state index contributed by atoms with van der Waals surface area (Å²) in [5, 5.41) is 7.26. The van der Waals surface area contributed by atoms with Crippen molar-refractivity contribution in [3.63, 3.8) is 0 Å². The van der Waals surface area contributed by atoms with Gasteiger partial charge in [0.15, 0.2) is 5.96 Å². The van der Waals surface area contributed by atoms with Crippen LogP contribution in [0.4, 0.5) is 0 Å². The first-order valence-corrected chi connectivity index (χ1v) is 11.0. The van der Waals surface area contributed by atoms with Crippen LogP contribution in [0.5, 0.6) is 0 Å². The molecule has 2 N–H and O–H groups in total. The summed E-state index contributed by atoms with van der Waals surface area (Å²) in [6.45, 7) is 7.89. The molecule has 1 aliphatic rings. The first-order chi connectivity index (χ1) is 12.1. The molecule has 0 radical (unpaired) electrons. The second kappa shape index (κ2) is 12.7. The van der Waals surface area contributed by atoms with Gasteiger partial charge in [0.2, 0.25) is 0 Å². The Morgan fingerprint density at radius 1 is 1.27 bits per heavy atom. The molecular formula is C20H34IN3OS. The van der Waals surface area contributed by atoms with Crippen LogP contribution in [-0.2, 0) is 17.2 Å². The molecule has 0 bridgehead atoms. The second-order valence-electron chi connectivity index (χ2n) is 6.74. The minimum atomic E-state index is -0.686. The zero-order chi connectivity index (χ0) is 18.1. The number of hydrogen-bond donors (Lipinski definition) is 2. The molecule has 3 unspecified atom stereocenters. The quantitative estimate of drug-likeness (QED) is 0.347. The van der Waals surface area contributed by atoms with E-state index in [9.17, 15) is 4.21 Å². The van der Waals surface area contributed by atoms with E-state index in [-0.39, 0.29) is 24.0 Å². The van der Waals surface area contributed by atoms with Crippen LogP contribution in [0.1, 0.15) is 50.7 Å². The third kappa shape index (κ3) is 7.55. The Balaban J connectivity index is 0.00000338. The zero-order valence-electron chi connectivity index (χ0n) is 16.3. The summed E-state index contributed by atoms with van der Waals surface area (Å²) in [6, 6.07) is 8.87. The molecule has 26 heavy (non-hydrogen) atoms. The van der Waals surface area contributed by atoms with E-state index < -0.39 is 10.8 Å². The molecular weight excluding hydrogens is 457 g/mol. The Morgan fingerprint density at radius 2 is 2.04 bits per heavy atom. The average Bonchev–Trinajstić information content (AvgIpc) is 2.63. The lowest BCUT2D eigenvalue weighted by atomic mass is 9.95. The predicted octanol–water partition coefficient (Wildman–Crippen LogP) is 3.79. The van der Waals surface area contributed by atoms with Gasteiger partial charge in [0, 0.05) is 40.9 Å². The van der Waals surface area contributed by atoms with Gasteiger partial charge >= 0.3 is 0 Å². The summed E-state index contributed by atoms with van der Waals surface area (Å²) < 4.78 is 12.1. The Labute approximate surface area is 178 Å². The SMILES string of the molecule is CCNC(=NCCc1ccccc1C)NC1CCCC(S(=O)CC)C1.I. The standard InChI is InChI=1S/C20H33N3OS.HI/c1-4-21-20(22-14-13-17-10-7-6-9-16(17)3)23-18-11-8-12-19(15-18)25(24)5-2;/h6-7,9-10,18-19H,4-5,8,11-15H2,1-3H3,(H2,21,22,23);1H. The number of rotatable bonds is 7. The van der Waals surface area contributed by atoms with Gasteiger partial charge in [-0.2, -0.15) is 0 Å². The fourth-order valence-corrected chi connectivity index (χ4v) is 4.79. The third-order valence-corrected chi connectivity index (χ3v) is 6.62. The van der Waals surface area contributed by atoms with Crippen LogP contribution in [0.2, 0.25) is 0 Å². The van der Waals surface area contributed by atoms with Crippen molar-refractivity contribution >= 4 is 40.7 Å². The summed E-state index contributed by atoms with van der Waals surface area (Å²) in [6.07, 6.45) is 5.33. The van der Waals surface area contributed by atoms with Gasteiger partial charge < -0.3 is 10.6 Å². The topological polar surface area (TPSA) is 53.5 Å². The van der Waals surface area contributed by atoms with Crippen molar-refractivity contribution < 1.29 is 4.21 Å². The van der Waals surface area contributed by atoms with E-state index in [1.807, 2.05) is 6.92 Å². The van der Waals surface area contributed by atoms with Crippen LogP contribution in [-0.4, -0.2) is 40.3 Å². The normalized spacial score (nSPS) is 21.6. The monoisotopic (exact) mass is 491 g/mol. The molecule has 1 aromatic carbocycles. The maximum absolute atomic E-state index is 12.1. The van der Waals surface area contributed by atoms with Gasteiger partial charge in [-0.15, -0.1) is 24.0 Å². The summed E-state index contributed by atoms with van der Waals surface area (Å²) in [7, 11) is -0.686. The van der Waals surface area contributed by atoms with Gasteiger partial charge in [0.25, 0.3) is 0 Å². The smallest absolute Gasteiger partial charge is 0.191 e. The van der Waals surface area contributed by atoms with E-state index in [0.29, 0.717) is 11.3 Å². The van der Waals surface area contributed by atoms with E-state index in [2.05, 4.69) is 48.7 Å². The fraction of sp³-hybridized carbons (Fsp3) is 0.650. The Hall–Kier alpha value is -0.630. The number of guanidine groups is 1. The Morgan fingerprint density at radius 3 is 2.73 bits per heavy atom. The summed E-state index contributed by atoms with van der Waals surface area (Å²) >= 11 is 0. The minimum Gasteiger partial charge on any atom is -0.357 e. The van der Waals surface area contributed by atoms with Gasteiger partial charge in [0.05, 0.1) is 0 Å². The zero-order valence-corrected chi connectivity index (χ0v) is 19.4. The van der Waals surface area contributed by atoms with Crippen LogP contribution < -0.4 is 10.6 Å². The molecule has 6 heteroatoms. The van der Waals surface area contributed by atoms with E-state index in [1.54, 1.807) is 0 Å². The van der Waals surface area contributed by atoms with Crippen LogP contribution in [0.3, 0.4) is 0 Å². The minimum absolute atomic E-state index is 0. The van der Waals surface area contributed by atoms with Gasteiger partial charge in [-0.3, -0.25) is 9.20 Å². The largest absolute Gasteiger partial charge is 0.357 e. The fourth-order valence-electron chi connectivity index (χ4n) is 3.44. The molecule has 0 aromatic heterocycles. The molecule has 0 heterocycles. The lowest BCUT2D eigenvalue weighted by Gasteiger charge is -2.30. The number of nitrogens with one attached hydrogen (secondary N) is 2. The van der Waals surface area contributed by atoms with Crippen molar-refractivity contribution in [1.29, 1.82) is 0 Å². The van der Waals surface area contributed by atoms with Crippen LogP contribution in [0.25, 0.3) is 0 Å². The molecule has 3 atom stereocenters. The number of halogens is 1. The molecule has 0 spiro atoms. The van der Waals surface area contributed by atoms with Gasteiger partial charge in [-0.1, -0.05) is 37.6 Å². The molecule has 1 saturated carbocycles. The number of hydrogen-bond acceptors (Lipinski definition) is 2. The van der Waals surface area contributed by atoms with Crippen molar-refractivity contribution in [3.05, 3.63) is 35.4 Å². The van der Waals surface area contributed by atoms with Crippen molar-refractivity contribution in [3.8, 4) is 0 Å². The highest BCUT2D eigenvalue weighted by molar-refractivity contribution is 14.0. The predicted molar refractivity (Wildman–Crippen MR) is 124 cm³/mol. The molecule has 4 nitrogen and oxygen atoms in total. The van der Waals surface area contributed by atoms with Crippen molar-refractivity contribution in [2.24, 2.45) is 4.99 Å². The van der Waals surface area contributed by atoms with E-state index >= 15 is 0 Å². The van der Waals surface area contributed by atoms with E-state index in [1.165, 1.54) is 11.1 Å². The maximum atomic E-state index is 12.1. The first-order valence-electron chi connectivity index (χ1n) is 9.60. The summed E-state index contributed by atoms with van der Waals surface area (Å²) in [4.78, 5) is 4.75. The molecule has 0 aliphatic heterocycles. The molecule has 0 saturated heterocycles. The first kappa shape index (κ1) is 23.4. The maximum Gasteiger partial charge on any atom is 0.191 e. The number of aliphatic imine (C=N–C) groups is 1. The molecule has 1 aliphatic carbocycles. The van der Waals surface area contributed by atoms with Crippen LogP contribution >= 0.6 is 24.0 Å². The van der Waals surface area contributed by atoms with Crippen LogP contribution in [0, 0.1) is 6.92 Å². The number of nitrogens with zero attached hydrogens (tertiary/aromatic N) is 1. The molecule has 2 rings (SSSR count). The van der Waals surface area contributed by atoms with Crippen LogP contribution in [0.15, 0.2) is 29.3 Å². The molecule has 1 fully saturated rings. The van der Waals surface area contributed by atoms with E-state index in [0.717, 1.165) is 56.9 Å². The highest BCUT2D eigenvalue weighted by atomic mass is 127. The molecule has 148 valence electrons. The van der Waals surface area contributed by atoms with Gasteiger partial charge in [-0.25, -0.2) is 0 Å². The summed E-state index contributed by atoms with van der Waals surface area (Å²) in [5.74, 6) is 1.66. The van der Waals surface area contributed by atoms with Crippen molar-refractivity contribution in [2.75, 3.05) is 18.8 Å². The van der Waals surface area contributed by atoms with Crippen molar-refractivity contribution in [1.82, 2.24) is 10.6 Å². The Kier molecular flexibility index (Phi) is 11.4. The van der Waals surface area contributed by atoms with E-state index in [4.69, 9.17) is 4.99 Å². The third-order valence-electron chi connectivity index (χ3n) is 4.88. The van der Waals surface area contributed by atoms with Gasteiger partial charge in [0.1, 0.15) is 0 Å². The lowest BCUT2D eigenvalue weighted by molar-refractivity contribution is 0.413. The van der Waals surface area contributed by atoms with Crippen molar-refractivity contribution in [2.45, 2.75) is 64.2 Å². The highest BCUT2D eigenvalue weighted by Gasteiger charge is 2.25. The summed E-state index contributed by atoms with van der Waals surface area (Å²) in [5.41, 5.74) is 2.69. The number of benzene rings is 1. The van der Waals surface area contributed by atoms with Gasteiger partial charge in [-0.05, 0) is 50.7 Å². The molecule has 1 aromatic rings. The lowest BCUT2D eigenvalue weighted by Crippen LogP contribution is -2.46. The highest BCUT2D eigenvalue weighted by Crippen LogP contribution is 2.23. The molecule has 0 amide bonds. The Bertz CT molecular complexity index is 594. The number of aryl methyl sites for hydroxylation is 1. The average molecular weight is 491 g/mol. The second-order valence-corrected chi connectivity index (χ2v) is 8.74.